The second kappa shape index (κ2) is 13.4. The third-order valence-corrected chi connectivity index (χ3v) is 6.46. The molecule has 0 spiro atoms. The molecule has 2 amide bonds. The first-order chi connectivity index (χ1) is 20.4. The Morgan fingerprint density at radius 2 is 1.88 bits per heavy atom. The molecule has 3 N–H and O–H groups in total. The minimum atomic E-state index is -0.348. The summed E-state index contributed by atoms with van der Waals surface area (Å²) < 4.78 is 5.95. The largest absolute Gasteiger partial charge is 0.493 e. The zero-order chi connectivity index (χ0) is 29.3. The molecule has 3 aromatic carbocycles. The number of anilines is 4. The molecule has 6 bridgehead atoms. The van der Waals surface area contributed by atoms with Crippen LogP contribution in [0.3, 0.4) is 0 Å². The number of rotatable bonds is 4. The molecule has 4 aromatic rings. The minimum absolute atomic E-state index is 0.307. The predicted molar refractivity (Wildman–Crippen MR) is 166 cm³/mol. The van der Waals surface area contributed by atoms with E-state index in [1.165, 1.54) is 6.08 Å². The van der Waals surface area contributed by atoms with Gasteiger partial charge in [0.2, 0.25) is 11.9 Å². The second-order valence-electron chi connectivity index (χ2n) is 9.87. The summed E-state index contributed by atoms with van der Waals surface area (Å²) in [5.74, 6) is 0.559. The molecule has 1 aliphatic rings. The fourth-order valence-corrected chi connectivity index (χ4v) is 4.51. The van der Waals surface area contributed by atoms with Gasteiger partial charge in [0.05, 0.1) is 12.3 Å². The van der Waals surface area contributed by atoms with E-state index in [0.717, 1.165) is 41.2 Å². The molecular weight excluding hydrogens is 528 g/mol. The Hall–Kier alpha value is -5.28. The summed E-state index contributed by atoms with van der Waals surface area (Å²) in [5.41, 5.74) is 4.92. The average Bonchev–Trinajstić information content (AvgIpc) is 2.98. The first-order valence-corrected chi connectivity index (χ1v) is 13.6. The average molecular weight is 561 g/mol. The van der Waals surface area contributed by atoms with Gasteiger partial charge in [0.15, 0.2) is 0 Å². The maximum Gasteiger partial charge on any atom is 0.255 e. The first-order valence-electron chi connectivity index (χ1n) is 13.6. The Kier molecular flexibility index (Phi) is 9.00. The number of likely N-dealkylation sites (N-methyl/N-ethyl adjacent to an activating group) is 1. The molecule has 0 saturated heterocycles. The van der Waals surface area contributed by atoms with E-state index < -0.39 is 0 Å². The number of benzene rings is 3. The number of hydrogen-bond donors (Lipinski definition) is 3. The number of fused-ring (bicyclic) bond motifs is 7. The van der Waals surface area contributed by atoms with Crippen molar-refractivity contribution in [3.63, 3.8) is 0 Å². The van der Waals surface area contributed by atoms with Gasteiger partial charge in [-0.15, -0.1) is 0 Å². The number of amides is 2. The van der Waals surface area contributed by atoms with E-state index >= 15 is 0 Å². The summed E-state index contributed by atoms with van der Waals surface area (Å²) in [6.07, 6.45) is 7.93. The van der Waals surface area contributed by atoms with Crippen LogP contribution in [0.25, 0.3) is 11.3 Å². The highest BCUT2D eigenvalue weighted by molar-refractivity contribution is 6.06. The van der Waals surface area contributed by atoms with Gasteiger partial charge in [-0.2, -0.15) is 0 Å². The van der Waals surface area contributed by atoms with Gasteiger partial charge in [0.1, 0.15) is 5.75 Å². The molecule has 1 aromatic heterocycles. The lowest BCUT2D eigenvalue weighted by molar-refractivity contribution is -0.111. The van der Waals surface area contributed by atoms with E-state index in [9.17, 15) is 9.59 Å². The van der Waals surface area contributed by atoms with Gasteiger partial charge < -0.3 is 20.7 Å². The molecule has 0 atom stereocenters. The molecule has 42 heavy (non-hydrogen) atoms. The highest BCUT2D eigenvalue weighted by Gasteiger charge is 2.12. The number of nitrogens with zero attached hydrogens (tertiary/aromatic N) is 3. The molecule has 9 heteroatoms. The standard InChI is InChI=1S/C33H32N6O3/c1-3-31(40)35-26-11-7-10-25(19-26)32(41)36-27-17-23-18-28(21-27)37-33-34-14-13-30(38-33)24-9-8-12-29(20-24)42-16-6-4-5-15-39(2)22-23/h3-5,7-14,17-21H,1,6,15-16,22H2,2H3,(H,35,40)(H,36,41)(H,34,37,38)/b5-4+. The van der Waals surface area contributed by atoms with Gasteiger partial charge in [-0.05, 0) is 79.7 Å². The van der Waals surface area contributed by atoms with Crippen LogP contribution in [0, 0.1) is 0 Å². The fourth-order valence-electron chi connectivity index (χ4n) is 4.51. The van der Waals surface area contributed by atoms with Crippen molar-refractivity contribution in [3.05, 3.63) is 115 Å². The lowest BCUT2D eigenvalue weighted by Crippen LogP contribution is -2.18. The molecule has 1 aliphatic heterocycles. The molecule has 212 valence electrons. The topological polar surface area (TPSA) is 108 Å². The van der Waals surface area contributed by atoms with E-state index in [1.54, 1.807) is 30.5 Å². The summed E-state index contributed by atoms with van der Waals surface area (Å²) >= 11 is 0. The van der Waals surface area contributed by atoms with Crippen molar-refractivity contribution in [1.82, 2.24) is 14.9 Å². The number of hydrogen-bond acceptors (Lipinski definition) is 7. The number of nitrogens with one attached hydrogen (secondary N) is 3. The lowest BCUT2D eigenvalue weighted by Gasteiger charge is -2.18. The predicted octanol–water partition coefficient (Wildman–Crippen LogP) is 6.03. The van der Waals surface area contributed by atoms with Gasteiger partial charge in [0.25, 0.3) is 5.91 Å². The number of ether oxygens (including phenoxy) is 1. The SMILES string of the molecule is C=CC(=O)Nc1cccc(C(=O)Nc2cc3cc(c2)Nc2nccc(n2)-c2cccc(c2)OCC/C=C/CN(C)C3)c1. The Labute approximate surface area is 245 Å². The molecule has 0 saturated carbocycles. The van der Waals surface area contributed by atoms with Crippen molar-refractivity contribution in [2.45, 2.75) is 13.0 Å². The van der Waals surface area contributed by atoms with E-state index in [4.69, 9.17) is 9.72 Å². The zero-order valence-electron chi connectivity index (χ0n) is 23.3. The van der Waals surface area contributed by atoms with Gasteiger partial charge in [0, 0.05) is 47.5 Å². The minimum Gasteiger partial charge on any atom is -0.493 e. The zero-order valence-corrected chi connectivity index (χ0v) is 23.3. The van der Waals surface area contributed by atoms with Crippen LogP contribution in [0.15, 0.2) is 104 Å². The Morgan fingerprint density at radius 1 is 1.00 bits per heavy atom. The van der Waals surface area contributed by atoms with Crippen LogP contribution in [-0.2, 0) is 11.3 Å². The van der Waals surface area contributed by atoms with E-state index in [0.29, 0.717) is 36.0 Å². The van der Waals surface area contributed by atoms with Crippen molar-refractivity contribution in [1.29, 1.82) is 0 Å². The van der Waals surface area contributed by atoms with E-state index in [1.807, 2.05) is 55.6 Å². The van der Waals surface area contributed by atoms with Crippen molar-refractivity contribution in [2.75, 3.05) is 36.1 Å². The number of carbonyl (C=O) groups excluding carboxylic acids is 2. The number of carbonyl (C=O) groups is 2. The smallest absolute Gasteiger partial charge is 0.255 e. The van der Waals surface area contributed by atoms with E-state index in [2.05, 4.69) is 44.6 Å². The van der Waals surface area contributed by atoms with Crippen LogP contribution in [-0.4, -0.2) is 46.9 Å². The van der Waals surface area contributed by atoms with Crippen LogP contribution in [0.4, 0.5) is 23.0 Å². The normalized spacial score (nSPS) is 14.2. The van der Waals surface area contributed by atoms with E-state index in [-0.39, 0.29) is 11.8 Å². The molecule has 0 unspecified atom stereocenters. The third-order valence-electron chi connectivity index (χ3n) is 6.46. The van der Waals surface area contributed by atoms with Crippen LogP contribution >= 0.6 is 0 Å². The van der Waals surface area contributed by atoms with Crippen LogP contribution in [0.5, 0.6) is 5.75 Å². The molecule has 0 fully saturated rings. The molecule has 2 heterocycles. The Bertz CT molecular complexity index is 1630. The first kappa shape index (κ1) is 28.3. The van der Waals surface area contributed by atoms with Gasteiger partial charge in [-0.25, -0.2) is 9.97 Å². The van der Waals surface area contributed by atoms with Crippen LogP contribution < -0.4 is 20.7 Å². The highest BCUT2D eigenvalue weighted by Crippen LogP contribution is 2.26. The van der Waals surface area contributed by atoms with Crippen molar-refractivity contribution < 1.29 is 14.3 Å². The van der Waals surface area contributed by atoms with Crippen LogP contribution in [0.2, 0.25) is 0 Å². The summed E-state index contributed by atoms with van der Waals surface area (Å²) in [4.78, 5) is 36.3. The van der Waals surface area contributed by atoms with Gasteiger partial charge in [-0.1, -0.05) is 36.9 Å². The van der Waals surface area contributed by atoms with Gasteiger partial charge in [-0.3, -0.25) is 14.5 Å². The molecule has 9 nitrogen and oxygen atoms in total. The summed E-state index contributed by atoms with van der Waals surface area (Å²) in [6, 6.07) is 22.2. The molecule has 0 radical (unpaired) electrons. The Morgan fingerprint density at radius 3 is 2.76 bits per heavy atom. The summed E-state index contributed by atoms with van der Waals surface area (Å²) in [5, 5.41) is 8.99. The maximum atomic E-state index is 13.2. The van der Waals surface area contributed by atoms with Crippen molar-refractivity contribution in [3.8, 4) is 17.0 Å². The monoisotopic (exact) mass is 560 g/mol. The number of aromatic nitrogens is 2. The van der Waals surface area contributed by atoms with Crippen LogP contribution in [0.1, 0.15) is 22.3 Å². The van der Waals surface area contributed by atoms with Crippen molar-refractivity contribution in [2.24, 2.45) is 0 Å². The maximum absolute atomic E-state index is 13.2. The second-order valence-corrected chi connectivity index (χ2v) is 9.87. The molecule has 5 rings (SSSR count). The van der Waals surface area contributed by atoms with Gasteiger partial charge >= 0.3 is 0 Å². The third kappa shape index (κ3) is 7.67. The molecule has 0 aliphatic carbocycles. The molecular formula is C33H32N6O3. The summed E-state index contributed by atoms with van der Waals surface area (Å²) in [6.45, 7) is 5.44. The van der Waals surface area contributed by atoms with Crippen molar-refractivity contribution >= 4 is 34.8 Å². The fraction of sp³-hybridized carbons (Fsp3) is 0.152. The quantitative estimate of drug-likeness (QED) is 0.206. The lowest BCUT2D eigenvalue weighted by atomic mass is 10.1. The highest BCUT2D eigenvalue weighted by atomic mass is 16.5. The Balaban J connectivity index is 1.45. The summed E-state index contributed by atoms with van der Waals surface area (Å²) in [7, 11) is 2.04.